The Balaban J connectivity index is 1.28. The van der Waals surface area contributed by atoms with Crippen LogP contribution in [-0.4, -0.2) is 68.5 Å². The molecular formula is C31H28N3O6S+. The maximum Gasteiger partial charge on any atom is 0.342 e. The molecule has 208 valence electrons. The van der Waals surface area contributed by atoms with E-state index in [0.29, 0.717) is 59.5 Å². The SMILES string of the molecule is CN1CC(=O)N(c2ccc(C(=O)OC[N+]3(c4cc(=O)c5cccc(-c6ccccc6)c5o4)CCOCC3)cc2)C1=S. The van der Waals surface area contributed by atoms with Crippen molar-refractivity contribution < 1.29 is 23.5 Å². The maximum atomic E-state index is 13.3. The first-order valence-electron chi connectivity index (χ1n) is 13.3. The van der Waals surface area contributed by atoms with E-state index in [1.165, 1.54) is 11.0 Å². The van der Waals surface area contributed by atoms with Gasteiger partial charge in [0.1, 0.15) is 13.1 Å². The van der Waals surface area contributed by atoms with Gasteiger partial charge < -0.3 is 18.8 Å². The Kier molecular flexibility index (Phi) is 7.12. The number of para-hydroxylation sites is 1. The molecule has 0 unspecified atom stereocenters. The van der Waals surface area contributed by atoms with Gasteiger partial charge in [-0.05, 0) is 48.1 Å². The van der Waals surface area contributed by atoms with Crippen LogP contribution in [0.5, 0.6) is 0 Å². The van der Waals surface area contributed by atoms with Crippen molar-refractivity contribution in [2.24, 2.45) is 0 Å². The number of hydrogen-bond acceptors (Lipinski definition) is 7. The van der Waals surface area contributed by atoms with E-state index < -0.39 is 5.97 Å². The summed E-state index contributed by atoms with van der Waals surface area (Å²) in [6.45, 7) is 1.96. The molecule has 1 aromatic heterocycles. The lowest BCUT2D eigenvalue weighted by Crippen LogP contribution is -2.58. The normalized spacial score (nSPS) is 16.8. The first-order valence-corrected chi connectivity index (χ1v) is 13.7. The van der Waals surface area contributed by atoms with Gasteiger partial charge in [0.25, 0.3) is 5.91 Å². The monoisotopic (exact) mass is 570 g/mol. The lowest BCUT2D eigenvalue weighted by Gasteiger charge is -2.37. The van der Waals surface area contributed by atoms with Gasteiger partial charge in [-0.2, -0.15) is 0 Å². The molecule has 0 N–H and O–H groups in total. The zero-order valence-electron chi connectivity index (χ0n) is 22.4. The van der Waals surface area contributed by atoms with Crippen LogP contribution < -0.4 is 14.8 Å². The number of fused-ring (bicyclic) bond motifs is 1. The Hall–Kier alpha value is -4.38. The Morgan fingerprint density at radius 3 is 2.39 bits per heavy atom. The summed E-state index contributed by atoms with van der Waals surface area (Å²) < 4.78 is 18.0. The molecule has 2 aliphatic rings. The van der Waals surface area contributed by atoms with Crippen LogP contribution in [0.3, 0.4) is 0 Å². The average Bonchev–Trinajstić information content (AvgIpc) is 3.26. The molecule has 10 heteroatoms. The Morgan fingerprint density at radius 2 is 1.71 bits per heavy atom. The van der Waals surface area contributed by atoms with Crippen LogP contribution >= 0.6 is 12.2 Å². The van der Waals surface area contributed by atoms with E-state index in [1.54, 1.807) is 42.3 Å². The lowest BCUT2D eigenvalue weighted by molar-refractivity contribution is -0.116. The fourth-order valence-electron chi connectivity index (χ4n) is 5.23. The zero-order valence-corrected chi connectivity index (χ0v) is 23.3. The predicted molar refractivity (Wildman–Crippen MR) is 160 cm³/mol. The van der Waals surface area contributed by atoms with E-state index in [1.807, 2.05) is 42.5 Å². The molecule has 0 spiro atoms. The van der Waals surface area contributed by atoms with E-state index in [9.17, 15) is 14.4 Å². The largest absolute Gasteiger partial charge is 0.411 e. The quantitative estimate of drug-likeness (QED) is 0.194. The first-order chi connectivity index (χ1) is 19.9. The summed E-state index contributed by atoms with van der Waals surface area (Å²) in [4.78, 5) is 41.9. The lowest BCUT2D eigenvalue weighted by atomic mass is 10.0. The van der Waals surface area contributed by atoms with Crippen molar-refractivity contribution in [2.75, 3.05) is 51.5 Å². The molecule has 2 saturated heterocycles. The van der Waals surface area contributed by atoms with Crippen LogP contribution in [0.4, 0.5) is 11.6 Å². The van der Waals surface area contributed by atoms with Crippen molar-refractivity contribution in [1.29, 1.82) is 0 Å². The van der Waals surface area contributed by atoms with Crippen LogP contribution in [0, 0.1) is 0 Å². The minimum Gasteiger partial charge on any atom is -0.411 e. The van der Waals surface area contributed by atoms with E-state index in [4.69, 9.17) is 26.1 Å². The first kappa shape index (κ1) is 26.8. The van der Waals surface area contributed by atoms with Gasteiger partial charge in [0, 0.05) is 12.6 Å². The second kappa shape index (κ2) is 10.9. The van der Waals surface area contributed by atoms with Gasteiger partial charge in [0.15, 0.2) is 16.1 Å². The predicted octanol–water partition coefficient (Wildman–Crippen LogP) is 4.18. The Labute approximate surface area is 241 Å². The standard InChI is InChI=1S/C31H28N3O6S/c1-32-19-27(36)33(31(32)41)23-12-10-22(11-13-23)30(37)39-20-34(14-16-38-17-15-34)28-18-26(35)25-9-5-8-24(29(25)40-28)21-6-3-2-4-7-21/h2-13,18H,14-17,19-20H2,1H3/q+1. The molecule has 9 nitrogen and oxygen atoms in total. The summed E-state index contributed by atoms with van der Waals surface area (Å²) in [6.07, 6.45) is 0. The van der Waals surface area contributed by atoms with Gasteiger partial charge in [-0.25, -0.2) is 9.28 Å². The molecule has 3 heterocycles. The molecule has 1 amide bonds. The van der Waals surface area contributed by atoms with Crippen molar-refractivity contribution in [2.45, 2.75) is 0 Å². The molecule has 0 radical (unpaired) electrons. The molecule has 2 fully saturated rings. The van der Waals surface area contributed by atoms with E-state index in [-0.39, 0.29) is 29.1 Å². The number of nitrogens with zero attached hydrogens (tertiary/aromatic N) is 3. The molecule has 4 aromatic rings. The third-order valence-corrected chi connectivity index (χ3v) is 8.06. The third-order valence-electron chi connectivity index (χ3n) is 7.56. The highest BCUT2D eigenvalue weighted by Gasteiger charge is 2.38. The van der Waals surface area contributed by atoms with Crippen molar-refractivity contribution in [3.05, 3.63) is 94.6 Å². The third kappa shape index (κ3) is 5.01. The number of carbonyl (C=O) groups excluding carboxylic acids is 2. The summed E-state index contributed by atoms with van der Waals surface area (Å²) in [7, 11) is 1.76. The Morgan fingerprint density at radius 1 is 0.976 bits per heavy atom. The second-order valence-electron chi connectivity index (χ2n) is 10.2. The van der Waals surface area contributed by atoms with Gasteiger partial charge in [-0.15, -0.1) is 0 Å². The smallest absolute Gasteiger partial charge is 0.342 e. The molecular weight excluding hydrogens is 542 g/mol. The van der Waals surface area contributed by atoms with Crippen LogP contribution in [0.1, 0.15) is 10.4 Å². The number of hydrogen-bond donors (Lipinski definition) is 0. The molecule has 3 aromatic carbocycles. The number of likely N-dealkylation sites (N-methyl/N-ethyl adjacent to an activating group) is 1. The van der Waals surface area contributed by atoms with Crippen molar-refractivity contribution >= 4 is 51.7 Å². The maximum absolute atomic E-state index is 13.3. The van der Waals surface area contributed by atoms with Crippen LogP contribution in [0.15, 0.2) is 88.1 Å². The molecule has 0 bridgehead atoms. The van der Waals surface area contributed by atoms with Gasteiger partial charge in [-0.3, -0.25) is 14.5 Å². The van der Waals surface area contributed by atoms with E-state index in [0.717, 1.165) is 11.1 Å². The molecule has 6 rings (SSSR count). The number of esters is 1. The number of amides is 1. The van der Waals surface area contributed by atoms with Crippen LogP contribution in [0.2, 0.25) is 0 Å². The number of thiocarbonyl (C=S) groups is 1. The van der Waals surface area contributed by atoms with Crippen molar-refractivity contribution in [3.8, 4) is 11.1 Å². The molecule has 41 heavy (non-hydrogen) atoms. The van der Waals surface area contributed by atoms with E-state index >= 15 is 0 Å². The number of quaternary nitrogens is 1. The van der Waals surface area contributed by atoms with Crippen molar-refractivity contribution in [3.63, 3.8) is 0 Å². The summed E-state index contributed by atoms with van der Waals surface area (Å²) in [5.74, 6) is -0.234. The number of rotatable bonds is 6. The number of morpholine rings is 1. The van der Waals surface area contributed by atoms with Gasteiger partial charge >= 0.3 is 11.9 Å². The average molecular weight is 571 g/mol. The minimum atomic E-state index is -0.527. The summed E-state index contributed by atoms with van der Waals surface area (Å²) in [5, 5.41) is 0.900. The Bertz CT molecular complexity index is 1700. The molecule has 0 saturated carbocycles. The highest BCUT2D eigenvalue weighted by atomic mass is 32.1. The summed E-state index contributed by atoms with van der Waals surface area (Å²) >= 11 is 5.35. The van der Waals surface area contributed by atoms with Gasteiger partial charge in [0.2, 0.25) is 6.73 Å². The fourth-order valence-corrected chi connectivity index (χ4v) is 5.51. The topological polar surface area (TPSA) is 89.3 Å². The highest BCUT2D eigenvalue weighted by Crippen LogP contribution is 2.33. The summed E-state index contributed by atoms with van der Waals surface area (Å²) in [5.41, 5.74) is 3.00. The van der Waals surface area contributed by atoms with Gasteiger partial charge in [0.05, 0.1) is 42.5 Å². The summed E-state index contributed by atoms with van der Waals surface area (Å²) in [6, 6.07) is 23.3. The number of carbonyl (C=O) groups is 2. The van der Waals surface area contributed by atoms with Crippen molar-refractivity contribution in [1.82, 2.24) is 9.38 Å². The molecule has 2 aliphatic heterocycles. The zero-order chi connectivity index (χ0) is 28.6. The van der Waals surface area contributed by atoms with Gasteiger partial charge in [-0.1, -0.05) is 42.5 Å². The molecule has 0 aliphatic carbocycles. The highest BCUT2D eigenvalue weighted by molar-refractivity contribution is 7.80. The minimum absolute atomic E-state index is 0.0363. The molecule has 0 atom stereocenters. The van der Waals surface area contributed by atoms with Crippen LogP contribution in [-0.2, 0) is 14.3 Å². The second-order valence-corrected chi connectivity index (χ2v) is 10.5. The van der Waals surface area contributed by atoms with E-state index in [2.05, 4.69) is 0 Å². The number of anilines is 1. The number of benzene rings is 3. The number of ether oxygens (including phenoxy) is 2. The fraction of sp³-hybridized carbons (Fsp3) is 0.226. The van der Waals surface area contributed by atoms with Crippen LogP contribution in [0.25, 0.3) is 22.1 Å².